The van der Waals surface area contributed by atoms with Crippen LogP contribution >= 0.6 is 35.0 Å². The number of carbonyl (C=O) groups excluding carboxylic acids is 1. The van der Waals surface area contributed by atoms with E-state index in [9.17, 15) is 4.79 Å². The molecule has 1 aromatic carbocycles. The number of halogens is 2. The van der Waals surface area contributed by atoms with Crippen LogP contribution in [-0.2, 0) is 11.3 Å². The highest BCUT2D eigenvalue weighted by molar-refractivity contribution is 7.99. The first-order valence-corrected chi connectivity index (χ1v) is 9.24. The van der Waals surface area contributed by atoms with Gasteiger partial charge in [0.05, 0.1) is 16.5 Å². The van der Waals surface area contributed by atoms with Crippen molar-refractivity contribution in [3.05, 3.63) is 46.7 Å². The number of anilines is 1. The number of benzene rings is 1. The Kier molecular flexibility index (Phi) is 5.48. The van der Waals surface area contributed by atoms with Crippen molar-refractivity contribution in [2.24, 2.45) is 0 Å². The highest BCUT2D eigenvalue weighted by Gasteiger charge is 2.30. The van der Waals surface area contributed by atoms with E-state index in [1.54, 1.807) is 18.2 Å². The number of hydrogen-bond donors (Lipinski definition) is 1. The molecule has 8 heteroatoms. The van der Waals surface area contributed by atoms with Crippen LogP contribution in [0.1, 0.15) is 24.6 Å². The Balaban J connectivity index is 1.64. The maximum Gasteiger partial charge on any atom is 0.234 e. The fourth-order valence-electron chi connectivity index (χ4n) is 2.26. The van der Waals surface area contributed by atoms with Gasteiger partial charge in [0.1, 0.15) is 5.82 Å². The van der Waals surface area contributed by atoms with Gasteiger partial charge in [0.15, 0.2) is 5.16 Å². The number of amides is 1. The average Bonchev–Trinajstić information content (AvgIpc) is 3.32. The molecule has 0 saturated heterocycles. The molecule has 2 aromatic rings. The third-order valence-corrected chi connectivity index (χ3v) is 5.07. The Hall–Kier alpha value is -1.50. The Morgan fingerprint density at radius 2 is 2.21 bits per heavy atom. The smallest absolute Gasteiger partial charge is 0.234 e. The lowest BCUT2D eigenvalue weighted by atomic mass is 10.3. The highest BCUT2D eigenvalue weighted by atomic mass is 35.5. The van der Waals surface area contributed by atoms with E-state index in [0.717, 1.165) is 23.8 Å². The van der Waals surface area contributed by atoms with Crippen LogP contribution in [0.5, 0.6) is 0 Å². The number of aromatic nitrogens is 3. The third kappa shape index (κ3) is 4.12. The van der Waals surface area contributed by atoms with E-state index in [4.69, 9.17) is 23.2 Å². The predicted molar refractivity (Wildman–Crippen MR) is 98.0 cm³/mol. The minimum absolute atomic E-state index is 0.176. The van der Waals surface area contributed by atoms with Gasteiger partial charge in [-0.05, 0) is 31.0 Å². The molecule has 0 atom stereocenters. The summed E-state index contributed by atoms with van der Waals surface area (Å²) in [6, 6.07) is 4.94. The molecule has 0 bridgehead atoms. The topological polar surface area (TPSA) is 59.8 Å². The number of nitrogens with zero attached hydrogens (tertiary/aromatic N) is 3. The summed E-state index contributed by atoms with van der Waals surface area (Å²) in [7, 11) is 0. The zero-order valence-corrected chi connectivity index (χ0v) is 15.2. The van der Waals surface area contributed by atoms with Crippen LogP contribution in [0.4, 0.5) is 5.69 Å². The molecule has 0 spiro atoms. The maximum atomic E-state index is 12.2. The lowest BCUT2D eigenvalue weighted by molar-refractivity contribution is -0.113. The summed E-state index contributed by atoms with van der Waals surface area (Å²) in [5, 5.41) is 12.9. The van der Waals surface area contributed by atoms with E-state index in [-0.39, 0.29) is 11.7 Å². The molecule has 1 saturated carbocycles. The molecule has 1 aromatic heterocycles. The number of carbonyl (C=O) groups is 1. The summed E-state index contributed by atoms with van der Waals surface area (Å²) >= 11 is 13.3. The number of rotatable bonds is 7. The summed E-state index contributed by atoms with van der Waals surface area (Å²) in [6.07, 6.45) is 4.10. The van der Waals surface area contributed by atoms with E-state index >= 15 is 0 Å². The highest BCUT2D eigenvalue weighted by Crippen LogP contribution is 2.40. The van der Waals surface area contributed by atoms with Crippen LogP contribution in [0.25, 0.3) is 0 Å². The first kappa shape index (κ1) is 17.3. The van der Waals surface area contributed by atoms with Crippen molar-refractivity contribution >= 4 is 46.6 Å². The number of hydrogen-bond acceptors (Lipinski definition) is 4. The van der Waals surface area contributed by atoms with Crippen molar-refractivity contribution in [1.82, 2.24) is 14.8 Å². The molecule has 1 fully saturated rings. The molecule has 3 rings (SSSR count). The summed E-state index contributed by atoms with van der Waals surface area (Å²) in [6.45, 7) is 4.42. The fourth-order valence-corrected chi connectivity index (χ4v) is 3.35. The summed E-state index contributed by atoms with van der Waals surface area (Å²) < 4.78 is 2.02. The van der Waals surface area contributed by atoms with E-state index in [0.29, 0.717) is 28.2 Å². The summed E-state index contributed by atoms with van der Waals surface area (Å²) in [4.78, 5) is 12.2. The Morgan fingerprint density at radius 3 is 2.92 bits per heavy atom. The fraction of sp³-hybridized carbons (Fsp3) is 0.312. The van der Waals surface area contributed by atoms with Gasteiger partial charge in [-0.15, -0.1) is 16.8 Å². The molecule has 5 nitrogen and oxygen atoms in total. The van der Waals surface area contributed by atoms with Crippen molar-refractivity contribution in [3.8, 4) is 0 Å². The second kappa shape index (κ2) is 7.59. The monoisotopic (exact) mass is 382 g/mol. The first-order chi connectivity index (χ1) is 11.6. The predicted octanol–water partition coefficient (Wildman–Crippen LogP) is 4.38. The molecule has 1 N–H and O–H groups in total. The molecule has 24 heavy (non-hydrogen) atoms. The van der Waals surface area contributed by atoms with Gasteiger partial charge in [-0.3, -0.25) is 4.79 Å². The zero-order valence-electron chi connectivity index (χ0n) is 12.8. The molecule has 1 aliphatic rings. The van der Waals surface area contributed by atoms with E-state index in [2.05, 4.69) is 22.1 Å². The van der Waals surface area contributed by atoms with Crippen LogP contribution in [0.2, 0.25) is 10.0 Å². The van der Waals surface area contributed by atoms with Gasteiger partial charge in [-0.2, -0.15) is 0 Å². The molecule has 0 unspecified atom stereocenters. The lowest BCUT2D eigenvalue weighted by Gasteiger charge is -2.09. The number of allylic oxidation sites excluding steroid dienone is 1. The van der Waals surface area contributed by atoms with Crippen LogP contribution < -0.4 is 5.32 Å². The molecular formula is C16H16Cl2N4OS. The van der Waals surface area contributed by atoms with Gasteiger partial charge in [-0.25, -0.2) is 0 Å². The van der Waals surface area contributed by atoms with Crippen LogP contribution in [0.15, 0.2) is 36.0 Å². The van der Waals surface area contributed by atoms with Crippen molar-refractivity contribution in [3.63, 3.8) is 0 Å². The third-order valence-electron chi connectivity index (χ3n) is 3.53. The Morgan fingerprint density at radius 1 is 1.42 bits per heavy atom. The van der Waals surface area contributed by atoms with Crippen molar-refractivity contribution < 1.29 is 4.79 Å². The van der Waals surface area contributed by atoms with E-state index < -0.39 is 0 Å². The second-order valence-corrected chi connectivity index (χ2v) is 7.26. The maximum absolute atomic E-state index is 12.2. The summed E-state index contributed by atoms with van der Waals surface area (Å²) in [5.74, 6) is 1.51. The van der Waals surface area contributed by atoms with Gasteiger partial charge in [0.25, 0.3) is 0 Å². The molecule has 126 valence electrons. The number of thioether (sulfide) groups is 1. The molecular weight excluding hydrogens is 367 g/mol. The van der Waals surface area contributed by atoms with Gasteiger partial charge >= 0.3 is 0 Å². The SMILES string of the molecule is C=CCn1c(SCC(=O)Nc2cc(Cl)ccc2Cl)nnc1C1CC1. The minimum Gasteiger partial charge on any atom is -0.324 e. The second-order valence-electron chi connectivity index (χ2n) is 5.48. The lowest BCUT2D eigenvalue weighted by Crippen LogP contribution is -2.15. The van der Waals surface area contributed by atoms with Crippen molar-refractivity contribution in [2.75, 3.05) is 11.1 Å². The molecule has 1 amide bonds. The largest absolute Gasteiger partial charge is 0.324 e. The molecule has 1 aliphatic carbocycles. The normalized spacial score (nSPS) is 13.8. The van der Waals surface area contributed by atoms with Crippen molar-refractivity contribution in [1.29, 1.82) is 0 Å². The van der Waals surface area contributed by atoms with Gasteiger partial charge in [0.2, 0.25) is 5.91 Å². The van der Waals surface area contributed by atoms with Crippen molar-refractivity contribution in [2.45, 2.75) is 30.5 Å². The van der Waals surface area contributed by atoms with Gasteiger partial charge in [-0.1, -0.05) is 41.0 Å². The molecule has 1 heterocycles. The molecule has 0 aliphatic heterocycles. The number of nitrogens with one attached hydrogen (secondary N) is 1. The van der Waals surface area contributed by atoms with E-state index in [1.807, 2.05) is 10.6 Å². The standard InChI is InChI=1S/C16H16Cl2N4OS/c1-2-7-22-15(10-3-4-10)20-21-16(22)24-9-14(23)19-13-8-11(17)5-6-12(13)18/h2,5-6,8,10H,1,3-4,7,9H2,(H,19,23). The van der Waals surface area contributed by atoms with Crippen LogP contribution in [0.3, 0.4) is 0 Å². The van der Waals surface area contributed by atoms with Gasteiger partial charge < -0.3 is 9.88 Å². The van der Waals surface area contributed by atoms with Crippen LogP contribution in [0, 0.1) is 0 Å². The van der Waals surface area contributed by atoms with E-state index in [1.165, 1.54) is 11.8 Å². The minimum atomic E-state index is -0.176. The quantitative estimate of drug-likeness (QED) is 0.570. The Labute approximate surface area is 154 Å². The van der Waals surface area contributed by atoms with Crippen LogP contribution in [-0.4, -0.2) is 26.4 Å². The average molecular weight is 383 g/mol. The summed E-state index contributed by atoms with van der Waals surface area (Å²) in [5.41, 5.74) is 0.501. The van der Waals surface area contributed by atoms with Gasteiger partial charge in [0, 0.05) is 17.5 Å². The first-order valence-electron chi connectivity index (χ1n) is 7.50. The zero-order chi connectivity index (χ0) is 17.1. The molecule has 0 radical (unpaired) electrons. The Bertz CT molecular complexity index is 773.